The van der Waals surface area contributed by atoms with E-state index >= 15 is 0 Å². The maximum absolute atomic E-state index is 13.6. The number of ether oxygens (including phenoxy) is 1. The Balaban J connectivity index is 2.38. The normalized spacial score (nSPS) is 12.2. The molecule has 1 atom stereocenters. The van der Waals surface area contributed by atoms with Crippen LogP contribution in [0.25, 0.3) is 0 Å². The van der Waals surface area contributed by atoms with Crippen molar-refractivity contribution in [3.63, 3.8) is 0 Å². The number of para-hydroxylation sites is 1. The second-order valence-corrected chi connectivity index (χ2v) is 5.92. The summed E-state index contributed by atoms with van der Waals surface area (Å²) in [5, 5.41) is 0. The minimum Gasteiger partial charge on any atom is -0.455 e. The highest BCUT2D eigenvalue weighted by molar-refractivity contribution is 14.1. The summed E-state index contributed by atoms with van der Waals surface area (Å²) in [5.74, 6) is 1.14. The smallest absolute Gasteiger partial charge is 0.153 e. The van der Waals surface area contributed by atoms with Crippen LogP contribution in [0.3, 0.4) is 0 Å². The monoisotopic (exact) mass is 385 g/mol. The van der Waals surface area contributed by atoms with Gasteiger partial charge in [-0.3, -0.25) is 0 Å². The Morgan fingerprint density at radius 1 is 1.25 bits per heavy atom. The second-order valence-electron chi connectivity index (χ2n) is 4.75. The Morgan fingerprint density at radius 3 is 2.65 bits per heavy atom. The van der Waals surface area contributed by atoms with E-state index in [1.165, 1.54) is 6.07 Å². The quantitative estimate of drug-likeness (QED) is 0.571. The van der Waals surface area contributed by atoms with Gasteiger partial charge in [-0.15, -0.1) is 0 Å². The maximum atomic E-state index is 13.6. The zero-order valence-electron chi connectivity index (χ0n) is 11.5. The van der Waals surface area contributed by atoms with Gasteiger partial charge in [-0.05, 0) is 52.6 Å². The molecule has 0 fully saturated rings. The van der Waals surface area contributed by atoms with Crippen molar-refractivity contribution >= 4 is 28.3 Å². The Bertz CT molecular complexity index is 615. The van der Waals surface area contributed by atoms with Gasteiger partial charge in [-0.25, -0.2) is 4.39 Å². The van der Waals surface area contributed by atoms with Crippen molar-refractivity contribution in [1.82, 2.24) is 0 Å². The molecule has 2 aromatic carbocycles. The molecule has 0 aliphatic carbocycles. The fraction of sp³-hybridized carbons (Fsp3) is 0.250. The summed E-state index contributed by atoms with van der Waals surface area (Å²) < 4.78 is 20.0. The van der Waals surface area contributed by atoms with Crippen molar-refractivity contribution in [3.05, 3.63) is 51.3 Å². The zero-order valence-corrected chi connectivity index (χ0v) is 13.6. The van der Waals surface area contributed by atoms with Gasteiger partial charge >= 0.3 is 0 Å². The standard InChI is InChI=1S/C16H17FINO/c1-3-10(2)11-6-4-5-7-15(11)20-16-8-12(17)13(18)9-14(16)19/h4-10H,3,19H2,1-2H3. The van der Waals surface area contributed by atoms with Crippen LogP contribution in [-0.2, 0) is 0 Å². The first-order valence-electron chi connectivity index (χ1n) is 6.54. The van der Waals surface area contributed by atoms with E-state index in [4.69, 9.17) is 10.5 Å². The van der Waals surface area contributed by atoms with Gasteiger partial charge in [0.1, 0.15) is 11.6 Å². The first-order valence-corrected chi connectivity index (χ1v) is 7.62. The van der Waals surface area contributed by atoms with E-state index in [2.05, 4.69) is 13.8 Å². The number of benzene rings is 2. The molecule has 0 aromatic heterocycles. The summed E-state index contributed by atoms with van der Waals surface area (Å²) >= 11 is 1.91. The van der Waals surface area contributed by atoms with Crippen molar-refractivity contribution in [2.75, 3.05) is 5.73 Å². The average molecular weight is 385 g/mol. The summed E-state index contributed by atoms with van der Waals surface area (Å²) in [5.41, 5.74) is 7.44. The molecule has 0 saturated heterocycles. The molecule has 1 unspecified atom stereocenters. The fourth-order valence-electron chi connectivity index (χ4n) is 1.95. The van der Waals surface area contributed by atoms with Crippen LogP contribution < -0.4 is 10.5 Å². The third-order valence-corrected chi connectivity index (χ3v) is 4.16. The van der Waals surface area contributed by atoms with Crippen LogP contribution in [0.5, 0.6) is 11.5 Å². The highest BCUT2D eigenvalue weighted by atomic mass is 127. The third-order valence-electron chi connectivity index (χ3n) is 3.33. The molecule has 0 heterocycles. The van der Waals surface area contributed by atoms with Crippen LogP contribution in [0.1, 0.15) is 31.7 Å². The molecule has 0 aliphatic rings. The molecule has 2 rings (SSSR count). The van der Waals surface area contributed by atoms with Crippen LogP contribution in [0, 0.1) is 9.39 Å². The highest BCUT2D eigenvalue weighted by Gasteiger charge is 2.13. The maximum Gasteiger partial charge on any atom is 0.153 e. The molecule has 0 amide bonds. The van der Waals surface area contributed by atoms with Gasteiger partial charge < -0.3 is 10.5 Å². The van der Waals surface area contributed by atoms with E-state index < -0.39 is 0 Å². The van der Waals surface area contributed by atoms with Crippen molar-refractivity contribution in [2.45, 2.75) is 26.2 Å². The van der Waals surface area contributed by atoms with Gasteiger partial charge in [0.05, 0.1) is 9.26 Å². The largest absolute Gasteiger partial charge is 0.455 e. The summed E-state index contributed by atoms with van der Waals surface area (Å²) in [6.45, 7) is 4.26. The number of rotatable bonds is 4. The predicted molar refractivity (Wildman–Crippen MR) is 88.8 cm³/mol. The number of halogens is 2. The molecule has 0 bridgehead atoms. The molecule has 0 aliphatic heterocycles. The van der Waals surface area contributed by atoms with Gasteiger partial charge in [0.2, 0.25) is 0 Å². The van der Waals surface area contributed by atoms with Gasteiger partial charge in [0.15, 0.2) is 5.75 Å². The van der Waals surface area contributed by atoms with Gasteiger partial charge in [-0.1, -0.05) is 32.0 Å². The molecular weight excluding hydrogens is 368 g/mol. The summed E-state index contributed by atoms with van der Waals surface area (Å²) in [7, 11) is 0. The molecule has 0 radical (unpaired) electrons. The van der Waals surface area contributed by atoms with E-state index in [0.29, 0.717) is 20.9 Å². The lowest BCUT2D eigenvalue weighted by atomic mass is 9.98. The SMILES string of the molecule is CCC(C)c1ccccc1Oc1cc(F)c(I)cc1N. The average Bonchev–Trinajstić information content (AvgIpc) is 2.44. The lowest BCUT2D eigenvalue weighted by Crippen LogP contribution is -1.99. The van der Waals surface area contributed by atoms with Crippen molar-refractivity contribution in [3.8, 4) is 11.5 Å². The lowest BCUT2D eigenvalue weighted by molar-refractivity contribution is 0.467. The molecule has 0 spiro atoms. The third kappa shape index (κ3) is 3.23. The molecule has 106 valence electrons. The van der Waals surface area contributed by atoms with Crippen molar-refractivity contribution < 1.29 is 9.13 Å². The first-order chi connectivity index (χ1) is 9.52. The minimum atomic E-state index is -0.323. The van der Waals surface area contributed by atoms with Gasteiger partial charge in [0, 0.05) is 6.07 Å². The molecular formula is C16H17FINO. The van der Waals surface area contributed by atoms with Crippen LogP contribution in [0.2, 0.25) is 0 Å². The molecule has 2 N–H and O–H groups in total. The summed E-state index contributed by atoms with van der Waals surface area (Å²) in [6, 6.07) is 10.7. The molecule has 20 heavy (non-hydrogen) atoms. The van der Waals surface area contributed by atoms with E-state index in [-0.39, 0.29) is 5.82 Å². The fourth-order valence-corrected chi connectivity index (χ4v) is 2.44. The Morgan fingerprint density at radius 2 is 1.95 bits per heavy atom. The van der Waals surface area contributed by atoms with E-state index in [0.717, 1.165) is 17.7 Å². The minimum absolute atomic E-state index is 0.323. The molecule has 4 heteroatoms. The van der Waals surface area contributed by atoms with E-state index in [1.807, 2.05) is 46.9 Å². The summed E-state index contributed by atoms with van der Waals surface area (Å²) in [4.78, 5) is 0. The number of hydrogen-bond acceptors (Lipinski definition) is 2. The number of nitrogen functional groups attached to an aromatic ring is 1. The lowest BCUT2D eigenvalue weighted by Gasteiger charge is -2.16. The van der Waals surface area contributed by atoms with Crippen LogP contribution in [0.15, 0.2) is 36.4 Å². The number of anilines is 1. The zero-order chi connectivity index (χ0) is 14.7. The molecule has 0 saturated carbocycles. The van der Waals surface area contributed by atoms with E-state index in [9.17, 15) is 4.39 Å². The highest BCUT2D eigenvalue weighted by Crippen LogP contribution is 2.35. The van der Waals surface area contributed by atoms with Crippen molar-refractivity contribution in [2.24, 2.45) is 0 Å². The van der Waals surface area contributed by atoms with E-state index in [1.54, 1.807) is 6.07 Å². The van der Waals surface area contributed by atoms with Crippen LogP contribution >= 0.6 is 22.6 Å². The van der Waals surface area contributed by atoms with Crippen LogP contribution in [0.4, 0.5) is 10.1 Å². The van der Waals surface area contributed by atoms with Crippen molar-refractivity contribution in [1.29, 1.82) is 0 Å². The Hall–Kier alpha value is -1.30. The molecule has 2 aromatic rings. The van der Waals surface area contributed by atoms with Crippen LogP contribution in [-0.4, -0.2) is 0 Å². The number of hydrogen-bond donors (Lipinski definition) is 1. The Kier molecular flexibility index (Phi) is 4.86. The van der Waals surface area contributed by atoms with Gasteiger partial charge in [0.25, 0.3) is 0 Å². The first kappa shape index (κ1) is 15.1. The second kappa shape index (κ2) is 6.43. The molecule has 2 nitrogen and oxygen atoms in total. The Labute approximate surface area is 132 Å². The summed E-state index contributed by atoms with van der Waals surface area (Å²) in [6.07, 6.45) is 1.01. The number of nitrogens with two attached hydrogens (primary N) is 1. The topological polar surface area (TPSA) is 35.2 Å². The predicted octanol–water partition coefficient (Wildman–Crippen LogP) is 5.32. The van der Waals surface area contributed by atoms with Gasteiger partial charge in [-0.2, -0.15) is 0 Å².